The van der Waals surface area contributed by atoms with Gasteiger partial charge in [-0.1, -0.05) is 82.4 Å². The zero-order chi connectivity index (χ0) is 26.7. The van der Waals surface area contributed by atoms with Gasteiger partial charge in [0.25, 0.3) is 0 Å². The molecule has 0 aliphatic rings. The second-order valence-electron chi connectivity index (χ2n) is 9.07. The van der Waals surface area contributed by atoms with Crippen molar-refractivity contribution in [3.8, 4) is 5.75 Å². The minimum atomic E-state index is -4.75. The lowest BCUT2D eigenvalue weighted by Gasteiger charge is -2.13. The average molecular weight is 517 g/mol. The highest BCUT2D eigenvalue weighted by Crippen LogP contribution is 2.34. The summed E-state index contributed by atoms with van der Waals surface area (Å²) in [5, 5.41) is 0.287. The van der Waals surface area contributed by atoms with E-state index in [1.165, 1.54) is 31.4 Å². The molecule has 0 atom stereocenters. The first-order chi connectivity index (χ1) is 17.8. The van der Waals surface area contributed by atoms with Crippen molar-refractivity contribution in [1.29, 1.82) is 0 Å². The minimum absolute atomic E-state index is 0.0459. The average Bonchev–Trinajstić information content (AvgIpc) is 2.87. The van der Waals surface area contributed by atoms with Crippen molar-refractivity contribution in [2.45, 2.75) is 70.9 Å². The minimum Gasteiger partial charge on any atom is -0.494 e. The first kappa shape index (κ1) is 28.4. The molecule has 0 unspecified atom stereocenters. The molecule has 0 amide bonds. The molecule has 0 radical (unpaired) electrons. The van der Waals surface area contributed by atoms with E-state index in [1.807, 2.05) is 30.3 Å². The Labute approximate surface area is 216 Å². The summed E-state index contributed by atoms with van der Waals surface area (Å²) in [5.41, 5.74) is -1.50. The number of benzene rings is 2. The van der Waals surface area contributed by atoms with Crippen molar-refractivity contribution in [3.05, 3.63) is 82.2 Å². The van der Waals surface area contributed by atoms with Crippen LogP contribution in [0.3, 0.4) is 0 Å². The molecule has 0 saturated heterocycles. The molecule has 7 heteroatoms. The number of fused-ring (bicyclic) bond motifs is 1. The van der Waals surface area contributed by atoms with E-state index in [2.05, 4.69) is 6.58 Å². The Balaban J connectivity index is 1.29. The summed E-state index contributed by atoms with van der Waals surface area (Å²) < 4.78 is 56.3. The Bertz CT molecular complexity index is 1200. The lowest BCUT2D eigenvalue weighted by atomic mass is 10.0. The van der Waals surface area contributed by atoms with Crippen molar-refractivity contribution in [2.24, 2.45) is 0 Å². The van der Waals surface area contributed by atoms with E-state index in [-0.39, 0.29) is 23.0 Å². The van der Waals surface area contributed by atoms with Gasteiger partial charge in [-0.05, 0) is 37.0 Å². The van der Waals surface area contributed by atoms with Crippen LogP contribution in [0.4, 0.5) is 13.2 Å². The number of hydrogen-bond donors (Lipinski definition) is 0. The Kier molecular flexibility index (Phi) is 10.7. The third-order valence-corrected chi connectivity index (χ3v) is 6.30. The third kappa shape index (κ3) is 8.41. The smallest absolute Gasteiger partial charge is 0.423 e. The lowest BCUT2D eigenvalue weighted by Crippen LogP contribution is -2.21. The largest absolute Gasteiger partial charge is 0.494 e. The highest BCUT2D eigenvalue weighted by atomic mass is 19.4. The molecule has 37 heavy (non-hydrogen) atoms. The van der Waals surface area contributed by atoms with Crippen LogP contribution >= 0.6 is 0 Å². The van der Waals surface area contributed by atoms with Crippen LogP contribution in [0.2, 0.25) is 0 Å². The Hall–Kier alpha value is -3.22. The normalized spacial score (nSPS) is 11.6. The van der Waals surface area contributed by atoms with E-state index in [0.717, 1.165) is 43.4 Å². The van der Waals surface area contributed by atoms with Gasteiger partial charge in [-0.25, -0.2) is 4.79 Å². The third-order valence-electron chi connectivity index (χ3n) is 6.30. The number of rotatable bonds is 15. The van der Waals surface area contributed by atoms with Gasteiger partial charge in [-0.3, -0.25) is 0 Å². The molecule has 0 aliphatic carbocycles. The van der Waals surface area contributed by atoms with Crippen molar-refractivity contribution >= 4 is 16.7 Å². The van der Waals surface area contributed by atoms with Crippen LogP contribution in [0.15, 0.2) is 64.3 Å². The molecule has 0 spiro atoms. The SMILES string of the molecule is C=C(OCCCCCCCCCCOc1ccc2c(CC)c(C(F)(F)F)c(=O)oc2c1)c1ccccc1. The van der Waals surface area contributed by atoms with Gasteiger partial charge in [0.05, 0.1) is 13.2 Å². The van der Waals surface area contributed by atoms with E-state index >= 15 is 0 Å². The molecule has 0 saturated carbocycles. The van der Waals surface area contributed by atoms with E-state index in [4.69, 9.17) is 13.9 Å². The molecule has 0 aliphatic heterocycles. The van der Waals surface area contributed by atoms with Crippen molar-refractivity contribution in [3.63, 3.8) is 0 Å². The molecular formula is C30H35F3O4. The van der Waals surface area contributed by atoms with Gasteiger partial charge < -0.3 is 13.9 Å². The number of unbranched alkanes of at least 4 members (excludes halogenated alkanes) is 7. The Morgan fingerprint density at radius 1 is 0.892 bits per heavy atom. The van der Waals surface area contributed by atoms with Crippen molar-refractivity contribution in [2.75, 3.05) is 13.2 Å². The zero-order valence-corrected chi connectivity index (χ0v) is 21.4. The molecule has 200 valence electrons. The molecule has 0 fully saturated rings. The Morgan fingerprint density at radius 3 is 2.14 bits per heavy atom. The number of aryl methyl sites for hydroxylation is 1. The second-order valence-corrected chi connectivity index (χ2v) is 9.07. The summed E-state index contributed by atoms with van der Waals surface area (Å²) in [6, 6.07) is 14.6. The molecular weight excluding hydrogens is 481 g/mol. The molecule has 3 aromatic rings. The van der Waals surface area contributed by atoms with Crippen molar-refractivity contribution in [1.82, 2.24) is 0 Å². The number of hydrogen-bond acceptors (Lipinski definition) is 4. The van der Waals surface area contributed by atoms with E-state index < -0.39 is 17.4 Å². The Morgan fingerprint density at radius 2 is 1.51 bits per heavy atom. The van der Waals surface area contributed by atoms with Gasteiger partial charge >= 0.3 is 11.8 Å². The van der Waals surface area contributed by atoms with Crippen LogP contribution in [0.1, 0.15) is 75.0 Å². The molecule has 2 aromatic carbocycles. The van der Waals surface area contributed by atoms with E-state index in [0.29, 0.717) is 19.0 Å². The van der Waals surface area contributed by atoms with E-state index in [1.54, 1.807) is 13.0 Å². The van der Waals surface area contributed by atoms with Gasteiger partial charge in [0.1, 0.15) is 22.7 Å². The molecule has 3 rings (SSSR count). The molecule has 1 heterocycles. The van der Waals surface area contributed by atoms with Crippen LogP contribution < -0.4 is 10.4 Å². The highest BCUT2D eigenvalue weighted by molar-refractivity contribution is 5.82. The second kappa shape index (κ2) is 13.9. The maximum Gasteiger partial charge on any atom is 0.423 e. The number of halogens is 3. The summed E-state index contributed by atoms with van der Waals surface area (Å²) >= 11 is 0. The standard InChI is InChI=1S/C30H35F3O4/c1-3-25-26-18-17-24(21-27(26)37-29(34)28(25)30(31,32)33)36-20-14-9-7-5-4-6-8-13-19-35-22(2)23-15-11-10-12-16-23/h10-12,15-18,21H,2-9,13-14,19-20H2,1H3. The summed E-state index contributed by atoms with van der Waals surface area (Å²) in [5.74, 6) is 1.20. The molecule has 4 nitrogen and oxygen atoms in total. The molecule has 0 bridgehead atoms. The summed E-state index contributed by atoms with van der Waals surface area (Å²) in [7, 11) is 0. The lowest BCUT2D eigenvalue weighted by molar-refractivity contribution is -0.140. The highest BCUT2D eigenvalue weighted by Gasteiger charge is 2.38. The fourth-order valence-corrected chi connectivity index (χ4v) is 4.35. The first-order valence-corrected chi connectivity index (χ1v) is 13.0. The number of ether oxygens (including phenoxy) is 2. The van der Waals surface area contributed by atoms with Crippen LogP contribution in [-0.4, -0.2) is 13.2 Å². The monoisotopic (exact) mass is 516 g/mol. The van der Waals surface area contributed by atoms with Crippen LogP contribution in [-0.2, 0) is 17.3 Å². The summed E-state index contributed by atoms with van der Waals surface area (Å²) in [6.45, 7) is 6.75. The van der Waals surface area contributed by atoms with Crippen LogP contribution in [0, 0.1) is 0 Å². The van der Waals surface area contributed by atoms with Gasteiger partial charge in [-0.2, -0.15) is 13.2 Å². The maximum absolute atomic E-state index is 13.3. The predicted molar refractivity (Wildman–Crippen MR) is 141 cm³/mol. The van der Waals surface area contributed by atoms with Gasteiger partial charge in [0, 0.05) is 17.0 Å². The zero-order valence-electron chi connectivity index (χ0n) is 21.4. The van der Waals surface area contributed by atoms with E-state index in [9.17, 15) is 18.0 Å². The molecule has 0 N–H and O–H groups in total. The summed E-state index contributed by atoms with van der Waals surface area (Å²) in [4.78, 5) is 12.0. The van der Waals surface area contributed by atoms with Gasteiger partial charge in [0.15, 0.2) is 0 Å². The predicted octanol–water partition coefficient (Wildman–Crippen LogP) is 8.56. The first-order valence-electron chi connectivity index (χ1n) is 13.0. The molecule has 1 aromatic heterocycles. The fraction of sp³-hybridized carbons (Fsp3) is 0.433. The van der Waals surface area contributed by atoms with Crippen LogP contribution in [0.5, 0.6) is 5.75 Å². The maximum atomic E-state index is 13.3. The fourth-order valence-electron chi connectivity index (χ4n) is 4.35. The number of alkyl halides is 3. The van der Waals surface area contributed by atoms with Crippen molar-refractivity contribution < 1.29 is 27.1 Å². The van der Waals surface area contributed by atoms with Gasteiger partial charge in [-0.15, -0.1) is 0 Å². The summed E-state index contributed by atoms with van der Waals surface area (Å²) in [6.07, 6.45) is 4.05. The van der Waals surface area contributed by atoms with Gasteiger partial charge in [0.2, 0.25) is 0 Å². The quantitative estimate of drug-likeness (QED) is 0.115. The topological polar surface area (TPSA) is 48.7 Å². The van der Waals surface area contributed by atoms with Crippen LogP contribution in [0.25, 0.3) is 16.7 Å².